The molecule has 0 spiro atoms. The number of aromatic nitrogens is 2. The van der Waals surface area contributed by atoms with E-state index in [4.69, 9.17) is 9.47 Å². The van der Waals surface area contributed by atoms with Crippen LogP contribution in [0.3, 0.4) is 0 Å². The van der Waals surface area contributed by atoms with Crippen LogP contribution in [0.2, 0.25) is 0 Å². The standard InChI is InChI=1S/C16H16F3N3O3/c1-24-11-3-2-10(9-4-6-25-7-5-9)13-14(11)21-12(8-20-13)22-15(23)16(17,18)19/h2-3,8-9H,4-7H2,1H3,(H,21,22,23). The number of hydrogen-bond acceptors (Lipinski definition) is 5. The summed E-state index contributed by atoms with van der Waals surface area (Å²) in [5.74, 6) is -1.77. The van der Waals surface area contributed by atoms with Gasteiger partial charge in [-0.15, -0.1) is 0 Å². The molecule has 0 bridgehead atoms. The highest BCUT2D eigenvalue weighted by Crippen LogP contribution is 2.35. The lowest BCUT2D eigenvalue weighted by Crippen LogP contribution is -2.30. The third-order valence-electron chi connectivity index (χ3n) is 4.07. The topological polar surface area (TPSA) is 73.3 Å². The second kappa shape index (κ2) is 6.83. The predicted molar refractivity (Wildman–Crippen MR) is 83.6 cm³/mol. The Hall–Kier alpha value is -2.42. The summed E-state index contributed by atoms with van der Waals surface area (Å²) >= 11 is 0. The number of rotatable bonds is 3. The lowest BCUT2D eigenvalue weighted by molar-refractivity contribution is -0.167. The Morgan fingerprint density at radius 1 is 1.28 bits per heavy atom. The maximum absolute atomic E-state index is 12.4. The lowest BCUT2D eigenvalue weighted by atomic mass is 9.90. The first kappa shape index (κ1) is 17.4. The summed E-state index contributed by atoms with van der Waals surface area (Å²) in [5.41, 5.74) is 1.81. The smallest absolute Gasteiger partial charge is 0.471 e. The molecule has 1 aromatic heterocycles. The normalized spacial score (nSPS) is 16.0. The van der Waals surface area contributed by atoms with E-state index in [1.54, 1.807) is 11.4 Å². The van der Waals surface area contributed by atoms with E-state index >= 15 is 0 Å². The molecule has 3 rings (SSSR count). The van der Waals surface area contributed by atoms with Crippen molar-refractivity contribution in [3.05, 3.63) is 23.9 Å². The summed E-state index contributed by atoms with van der Waals surface area (Å²) in [6, 6.07) is 3.59. The number of benzene rings is 1. The molecule has 2 aromatic rings. The van der Waals surface area contributed by atoms with Crippen LogP contribution in [0.4, 0.5) is 19.0 Å². The summed E-state index contributed by atoms with van der Waals surface area (Å²) in [6.45, 7) is 1.29. The van der Waals surface area contributed by atoms with Crippen molar-refractivity contribution in [2.24, 2.45) is 0 Å². The van der Waals surface area contributed by atoms with E-state index in [0.717, 1.165) is 24.6 Å². The summed E-state index contributed by atoms with van der Waals surface area (Å²) < 4.78 is 47.8. The van der Waals surface area contributed by atoms with Gasteiger partial charge in [-0.2, -0.15) is 13.2 Å². The molecule has 1 saturated heterocycles. The quantitative estimate of drug-likeness (QED) is 0.916. The zero-order valence-corrected chi connectivity index (χ0v) is 13.4. The van der Waals surface area contributed by atoms with Gasteiger partial charge in [-0.05, 0) is 30.4 Å². The first-order chi connectivity index (χ1) is 11.9. The van der Waals surface area contributed by atoms with Gasteiger partial charge in [-0.3, -0.25) is 9.78 Å². The average Bonchev–Trinajstić information content (AvgIpc) is 2.60. The van der Waals surface area contributed by atoms with Gasteiger partial charge in [-0.25, -0.2) is 4.98 Å². The largest absolute Gasteiger partial charge is 0.494 e. The fraction of sp³-hybridized carbons (Fsp3) is 0.438. The molecule has 1 N–H and O–H groups in total. The van der Waals surface area contributed by atoms with Gasteiger partial charge in [-0.1, -0.05) is 6.07 Å². The number of amides is 1. The van der Waals surface area contributed by atoms with Gasteiger partial charge in [0.2, 0.25) is 0 Å². The second-order valence-corrected chi connectivity index (χ2v) is 5.65. The Labute approximate surface area is 141 Å². The number of hydrogen-bond donors (Lipinski definition) is 1. The van der Waals surface area contributed by atoms with E-state index in [0.29, 0.717) is 30.0 Å². The first-order valence-corrected chi connectivity index (χ1v) is 7.69. The van der Waals surface area contributed by atoms with Crippen LogP contribution in [-0.2, 0) is 9.53 Å². The third-order valence-corrected chi connectivity index (χ3v) is 4.07. The van der Waals surface area contributed by atoms with E-state index in [2.05, 4.69) is 9.97 Å². The molecule has 1 aliphatic heterocycles. The maximum Gasteiger partial charge on any atom is 0.471 e. The van der Waals surface area contributed by atoms with Gasteiger partial charge in [0.05, 0.1) is 18.8 Å². The Morgan fingerprint density at radius 3 is 2.64 bits per heavy atom. The van der Waals surface area contributed by atoms with Crippen LogP contribution in [0.15, 0.2) is 18.3 Å². The average molecular weight is 355 g/mol. The second-order valence-electron chi connectivity index (χ2n) is 5.65. The molecule has 6 nitrogen and oxygen atoms in total. The highest BCUT2D eigenvalue weighted by Gasteiger charge is 2.39. The molecular formula is C16H16F3N3O3. The zero-order valence-electron chi connectivity index (χ0n) is 13.4. The number of nitrogens with one attached hydrogen (secondary N) is 1. The van der Waals surface area contributed by atoms with E-state index < -0.39 is 12.1 Å². The molecule has 1 fully saturated rings. The monoisotopic (exact) mass is 355 g/mol. The molecule has 1 aliphatic rings. The van der Waals surface area contributed by atoms with E-state index in [9.17, 15) is 18.0 Å². The minimum atomic E-state index is -5.00. The van der Waals surface area contributed by atoms with Crippen LogP contribution in [0.5, 0.6) is 5.75 Å². The van der Waals surface area contributed by atoms with Crippen molar-refractivity contribution >= 4 is 22.8 Å². The summed E-state index contributed by atoms with van der Waals surface area (Å²) in [5, 5.41) is 1.71. The van der Waals surface area contributed by atoms with E-state index in [1.807, 2.05) is 6.07 Å². The van der Waals surface area contributed by atoms with Crippen molar-refractivity contribution in [1.82, 2.24) is 9.97 Å². The molecule has 0 aliphatic carbocycles. The van der Waals surface area contributed by atoms with E-state index in [1.165, 1.54) is 7.11 Å². The Bertz CT molecular complexity index is 789. The van der Waals surface area contributed by atoms with Crippen LogP contribution in [0.25, 0.3) is 11.0 Å². The van der Waals surface area contributed by atoms with Gasteiger partial charge in [0.15, 0.2) is 5.82 Å². The van der Waals surface area contributed by atoms with Crippen molar-refractivity contribution in [2.75, 3.05) is 25.6 Å². The minimum Gasteiger partial charge on any atom is -0.494 e. The van der Waals surface area contributed by atoms with Crippen LogP contribution >= 0.6 is 0 Å². The number of carbonyl (C=O) groups is 1. The number of methoxy groups -OCH3 is 1. The molecule has 25 heavy (non-hydrogen) atoms. The molecule has 1 aromatic carbocycles. The molecule has 0 saturated carbocycles. The van der Waals surface area contributed by atoms with Crippen molar-refractivity contribution in [2.45, 2.75) is 24.9 Å². The Morgan fingerprint density at radius 2 is 2.00 bits per heavy atom. The van der Waals surface area contributed by atoms with Crippen molar-refractivity contribution in [3.8, 4) is 5.75 Å². The predicted octanol–water partition coefficient (Wildman–Crippen LogP) is 3.03. The van der Waals surface area contributed by atoms with Gasteiger partial charge >= 0.3 is 12.1 Å². The highest BCUT2D eigenvalue weighted by atomic mass is 19.4. The molecule has 0 radical (unpaired) electrons. The number of alkyl halides is 3. The number of nitrogens with zero attached hydrogens (tertiary/aromatic N) is 2. The first-order valence-electron chi connectivity index (χ1n) is 7.69. The minimum absolute atomic E-state index is 0.229. The summed E-state index contributed by atoms with van der Waals surface area (Å²) in [7, 11) is 1.44. The molecule has 0 atom stereocenters. The van der Waals surface area contributed by atoms with Crippen molar-refractivity contribution in [1.29, 1.82) is 0 Å². The Kier molecular flexibility index (Phi) is 4.76. The summed E-state index contributed by atoms with van der Waals surface area (Å²) in [4.78, 5) is 19.4. The highest BCUT2D eigenvalue weighted by molar-refractivity contribution is 5.95. The van der Waals surface area contributed by atoms with Gasteiger partial charge < -0.3 is 14.8 Å². The van der Waals surface area contributed by atoms with Gasteiger partial charge in [0.25, 0.3) is 0 Å². The fourth-order valence-corrected chi connectivity index (χ4v) is 2.85. The fourth-order valence-electron chi connectivity index (χ4n) is 2.85. The summed E-state index contributed by atoms with van der Waals surface area (Å²) in [6.07, 6.45) is -2.22. The molecule has 0 unspecified atom stereocenters. The molecule has 2 heterocycles. The SMILES string of the molecule is COc1ccc(C2CCOCC2)c2ncc(NC(=O)C(F)(F)F)nc12. The van der Waals surface area contributed by atoms with Crippen LogP contribution in [0.1, 0.15) is 24.3 Å². The zero-order chi connectivity index (χ0) is 18.0. The third kappa shape index (κ3) is 3.65. The van der Waals surface area contributed by atoms with Crippen molar-refractivity contribution in [3.63, 3.8) is 0 Å². The van der Waals surface area contributed by atoms with Gasteiger partial charge in [0.1, 0.15) is 11.3 Å². The molecule has 134 valence electrons. The number of ether oxygens (including phenoxy) is 2. The van der Waals surface area contributed by atoms with Crippen LogP contribution < -0.4 is 10.1 Å². The maximum atomic E-state index is 12.4. The van der Waals surface area contributed by atoms with Gasteiger partial charge in [0, 0.05) is 13.2 Å². The number of carbonyl (C=O) groups excluding carboxylic acids is 1. The molecule has 9 heteroatoms. The molecular weight excluding hydrogens is 339 g/mol. The number of fused-ring (bicyclic) bond motifs is 1. The van der Waals surface area contributed by atoms with Crippen LogP contribution in [0, 0.1) is 0 Å². The van der Waals surface area contributed by atoms with Crippen molar-refractivity contribution < 1.29 is 27.4 Å². The number of anilines is 1. The van der Waals surface area contributed by atoms with Crippen LogP contribution in [-0.4, -0.2) is 42.4 Å². The number of halogens is 3. The van der Waals surface area contributed by atoms with E-state index in [-0.39, 0.29) is 11.7 Å². The molecule has 1 amide bonds. The Balaban J connectivity index is 2.01. The lowest BCUT2D eigenvalue weighted by Gasteiger charge is -2.23.